The highest BCUT2D eigenvalue weighted by molar-refractivity contribution is 5.86. The van der Waals surface area contributed by atoms with Gasteiger partial charge in [-0.15, -0.1) is 0 Å². The van der Waals surface area contributed by atoms with E-state index in [2.05, 4.69) is 4.99 Å². The molecule has 0 N–H and O–H groups in total. The average molecular weight is 284 g/mol. The Morgan fingerprint density at radius 2 is 2.00 bits per heavy atom. The van der Waals surface area contributed by atoms with E-state index in [4.69, 9.17) is 4.74 Å². The van der Waals surface area contributed by atoms with E-state index < -0.39 is 4.92 Å². The van der Waals surface area contributed by atoms with Crippen molar-refractivity contribution in [2.45, 2.75) is 13.8 Å². The number of benzene rings is 2. The zero-order valence-electron chi connectivity index (χ0n) is 11.9. The Balaban J connectivity index is 2.34. The normalized spacial score (nSPS) is 10.8. The lowest BCUT2D eigenvalue weighted by molar-refractivity contribution is -0.385. The van der Waals surface area contributed by atoms with E-state index >= 15 is 0 Å². The van der Waals surface area contributed by atoms with Crippen molar-refractivity contribution in [1.82, 2.24) is 0 Å². The van der Waals surface area contributed by atoms with Crippen molar-refractivity contribution in [3.05, 3.63) is 63.7 Å². The lowest BCUT2D eigenvalue weighted by Crippen LogP contribution is -1.95. The van der Waals surface area contributed by atoms with E-state index in [-0.39, 0.29) is 5.69 Å². The van der Waals surface area contributed by atoms with Crippen molar-refractivity contribution in [2.75, 3.05) is 6.61 Å². The number of aliphatic imine (C=N–C) groups is 1. The highest BCUT2D eigenvalue weighted by Gasteiger charge is 2.12. The fourth-order valence-corrected chi connectivity index (χ4v) is 1.96. The monoisotopic (exact) mass is 284 g/mol. The van der Waals surface area contributed by atoms with E-state index in [0.717, 1.165) is 11.3 Å². The van der Waals surface area contributed by atoms with Gasteiger partial charge in [0, 0.05) is 17.8 Å². The zero-order valence-corrected chi connectivity index (χ0v) is 11.9. The molecule has 0 amide bonds. The minimum atomic E-state index is -0.400. The zero-order chi connectivity index (χ0) is 15.2. The van der Waals surface area contributed by atoms with Crippen molar-refractivity contribution in [2.24, 2.45) is 4.99 Å². The van der Waals surface area contributed by atoms with Crippen LogP contribution >= 0.6 is 0 Å². The minimum absolute atomic E-state index is 0.0720. The molecular weight excluding hydrogens is 268 g/mol. The predicted octanol–water partition coefficient (Wildman–Crippen LogP) is 4.05. The molecular formula is C16H16N2O3. The molecule has 0 aliphatic rings. The first kappa shape index (κ1) is 14.7. The first-order chi connectivity index (χ1) is 10.1. The van der Waals surface area contributed by atoms with Crippen LogP contribution in [0.4, 0.5) is 11.4 Å². The fourth-order valence-electron chi connectivity index (χ4n) is 1.96. The summed E-state index contributed by atoms with van der Waals surface area (Å²) in [6.45, 7) is 4.18. The number of hydrogen-bond donors (Lipinski definition) is 0. The van der Waals surface area contributed by atoms with Crippen molar-refractivity contribution < 1.29 is 9.66 Å². The maximum atomic E-state index is 10.9. The van der Waals surface area contributed by atoms with Gasteiger partial charge in [-0.05, 0) is 32.0 Å². The first-order valence-electron chi connectivity index (χ1n) is 6.63. The molecule has 0 bridgehead atoms. The molecule has 0 unspecified atom stereocenters. The standard InChI is InChI=1S/C16H16N2O3/c1-3-21-16-10-5-4-7-13(16)11-17-14-8-6-9-15(12(14)2)18(19)20/h4-11H,3H2,1-2H3. The van der Waals surface area contributed by atoms with Crippen LogP contribution in [0, 0.1) is 17.0 Å². The molecule has 0 saturated heterocycles. The van der Waals surface area contributed by atoms with Crippen molar-refractivity contribution in [3.63, 3.8) is 0 Å². The third-order valence-corrected chi connectivity index (χ3v) is 3.03. The van der Waals surface area contributed by atoms with Crippen LogP contribution in [0.5, 0.6) is 5.75 Å². The Hall–Kier alpha value is -2.69. The molecule has 0 radical (unpaired) electrons. The molecule has 2 rings (SSSR count). The second-order valence-corrected chi connectivity index (χ2v) is 4.41. The molecule has 2 aromatic carbocycles. The summed E-state index contributed by atoms with van der Waals surface area (Å²) < 4.78 is 5.52. The van der Waals surface area contributed by atoms with Gasteiger partial charge in [0.1, 0.15) is 5.75 Å². The molecule has 2 aromatic rings. The van der Waals surface area contributed by atoms with Gasteiger partial charge in [-0.2, -0.15) is 0 Å². The molecule has 0 fully saturated rings. The second-order valence-electron chi connectivity index (χ2n) is 4.41. The van der Waals surface area contributed by atoms with Gasteiger partial charge in [-0.25, -0.2) is 0 Å². The summed E-state index contributed by atoms with van der Waals surface area (Å²) in [5, 5.41) is 10.9. The van der Waals surface area contributed by atoms with Crippen LogP contribution in [0.25, 0.3) is 0 Å². The van der Waals surface area contributed by atoms with Gasteiger partial charge in [-0.1, -0.05) is 18.2 Å². The number of nitro groups is 1. The molecule has 0 atom stereocenters. The quantitative estimate of drug-likeness (QED) is 0.472. The number of ether oxygens (including phenoxy) is 1. The Morgan fingerprint density at radius 1 is 1.24 bits per heavy atom. The summed E-state index contributed by atoms with van der Waals surface area (Å²) in [4.78, 5) is 14.9. The number of rotatable bonds is 5. The summed E-state index contributed by atoms with van der Waals surface area (Å²) in [6.07, 6.45) is 1.66. The minimum Gasteiger partial charge on any atom is -0.493 e. The highest BCUT2D eigenvalue weighted by Crippen LogP contribution is 2.27. The summed E-state index contributed by atoms with van der Waals surface area (Å²) >= 11 is 0. The van der Waals surface area contributed by atoms with Gasteiger partial charge in [0.2, 0.25) is 0 Å². The van der Waals surface area contributed by atoms with Gasteiger partial charge >= 0.3 is 0 Å². The third-order valence-electron chi connectivity index (χ3n) is 3.03. The van der Waals surface area contributed by atoms with Gasteiger partial charge in [-0.3, -0.25) is 15.1 Å². The van der Waals surface area contributed by atoms with Crippen LogP contribution in [-0.4, -0.2) is 17.7 Å². The van der Waals surface area contributed by atoms with Gasteiger partial charge in [0.25, 0.3) is 5.69 Å². The van der Waals surface area contributed by atoms with E-state index in [1.165, 1.54) is 6.07 Å². The summed E-state index contributed by atoms with van der Waals surface area (Å²) in [5.41, 5.74) is 2.04. The lowest BCUT2D eigenvalue weighted by atomic mass is 10.1. The topological polar surface area (TPSA) is 64.7 Å². The van der Waals surface area contributed by atoms with Crippen LogP contribution in [-0.2, 0) is 0 Å². The first-order valence-corrected chi connectivity index (χ1v) is 6.63. The SMILES string of the molecule is CCOc1ccccc1C=Nc1cccc([N+](=O)[O-])c1C. The van der Waals surface area contributed by atoms with Crippen molar-refractivity contribution in [1.29, 1.82) is 0 Å². The number of nitro benzene ring substituents is 1. The van der Waals surface area contributed by atoms with Gasteiger partial charge in [0.05, 0.1) is 22.8 Å². The van der Waals surface area contributed by atoms with Gasteiger partial charge in [0.15, 0.2) is 0 Å². The Kier molecular flexibility index (Phi) is 4.66. The van der Waals surface area contributed by atoms with Crippen LogP contribution in [0.2, 0.25) is 0 Å². The summed E-state index contributed by atoms with van der Waals surface area (Å²) in [5.74, 6) is 0.742. The van der Waals surface area contributed by atoms with Crippen molar-refractivity contribution >= 4 is 17.6 Å². The highest BCUT2D eigenvalue weighted by atomic mass is 16.6. The molecule has 0 heterocycles. The maximum absolute atomic E-state index is 10.9. The Labute approximate surface area is 123 Å². The molecule has 0 spiro atoms. The lowest BCUT2D eigenvalue weighted by Gasteiger charge is -2.06. The summed E-state index contributed by atoms with van der Waals surface area (Å²) in [7, 11) is 0. The molecule has 0 saturated carbocycles. The average Bonchev–Trinajstić information content (AvgIpc) is 2.47. The van der Waals surface area contributed by atoms with E-state index in [9.17, 15) is 10.1 Å². The summed E-state index contributed by atoms with van der Waals surface area (Å²) in [6, 6.07) is 12.4. The number of nitrogens with zero attached hydrogens (tertiary/aromatic N) is 2. The molecule has 108 valence electrons. The fraction of sp³-hybridized carbons (Fsp3) is 0.188. The Morgan fingerprint density at radius 3 is 2.71 bits per heavy atom. The predicted molar refractivity (Wildman–Crippen MR) is 82.7 cm³/mol. The Bertz CT molecular complexity index is 681. The smallest absolute Gasteiger partial charge is 0.274 e. The molecule has 0 aliphatic carbocycles. The van der Waals surface area contributed by atoms with Crippen molar-refractivity contribution in [3.8, 4) is 5.75 Å². The number of para-hydroxylation sites is 1. The molecule has 21 heavy (non-hydrogen) atoms. The van der Waals surface area contributed by atoms with Crippen LogP contribution in [0.15, 0.2) is 47.5 Å². The second kappa shape index (κ2) is 6.65. The van der Waals surface area contributed by atoms with E-state index in [1.54, 1.807) is 25.3 Å². The number of hydrogen-bond acceptors (Lipinski definition) is 4. The largest absolute Gasteiger partial charge is 0.493 e. The molecule has 0 aliphatic heterocycles. The molecule has 5 nitrogen and oxygen atoms in total. The van der Waals surface area contributed by atoms with Crippen LogP contribution in [0.1, 0.15) is 18.1 Å². The van der Waals surface area contributed by atoms with Crippen LogP contribution < -0.4 is 4.74 Å². The third kappa shape index (κ3) is 3.45. The molecule has 0 aromatic heterocycles. The molecule has 5 heteroatoms. The van der Waals surface area contributed by atoms with Gasteiger partial charge < -0.3 is 4.74 Å². The van der Waals surface area contributed by atoms with Crippen LogP contribution in [0.3, 0.4) is 0 Å². The maximum Gasteiger partial charge on any atom is 0.274 e. The van der Waals surface area contributed by atoms with E-state index in [0.29, 0.717) is 17.9 Å². The van der Waals surface area contributed by atoms with E-state index in [1.807, 2.05) is 31.2 Å².